The van der Waals surface area contributed by atoms with Crippen molar-refractivity contribution in [2.24, 2.45) is 0 Å². The second kappa shape index (κ2) is 4.75. The molecule has 0 spiro atoms. The Labute approximate surface area is 105 Å². The molecule has 1 unspecified atom stereocenters. The first-order valence-electron chi connectivity index (χ1n) is 5.98. The first-order chi connectivity index (χ1) is 7.67. The molecule has 1 aliphatic rings. The number of ketones is 1. The summed E-state index contributed by atoms with van der Waals surface area (Å²) in [4.78, 5) is 11.6. The number of hydrogen-bond acceptors (Lipinski definition) is 3. The first-order valence-corrected chi connectivity index (χ1v) is 8.89. The lowest BCUT2D eigenvalue weighted by Gasteiger charge is -2.39. The van der Waals surface area contributed by atoms with Gasteiger partial charge in [0.1, 0.15) is 6.07 Å². The molecule has 0 saturated carbocycles. The van der Waals surface area contributed by atoms with E-state index in [9.17, 15) is 4.79 Å². The van der Waals surface area contributed by atoms with E-state index in [1.807, 2.05) is 6.07 Å². The van der Waals surface area contributed by atoms with E-state index in [1.54, 1.807) is 6.08 Å². The van der Waals surface area contributed by atoms with Crippen molar-refractivity contribution in [3.05, 3.63) is 11.6 Å². The molecule has 0 aliphatic heterocycles. The largest absolute Gasteiger partial charge is 0.413 e. The number of nitrogens with zero attached hydrogens (tertiary/aromatic N) is 1. The number of carbonyl (C=O) groups is 1. The number of hydrogen-bond donors (Lipinski definition) is 0. The van der Waals surface area contributed by atoms with Crippen LogP contribution in [0.3, 0.4) is 0 Å². The van der Waals surface area contributed by atoms with Gasteiger partial charge in [-0.25, -0.2) is 0 Å². The Morgan fingerprint density at radius 3 is 2.47 bits per heavy atom. The lowest BCUT2D eigenvalue weighted by molar-refractivity contribution is -0.117. The summed E-state index contributed by atoms with van der Waals surface area (Å²) in [7, 11) is -1.82. The average Bonchev–Trinajstić information content (AvgIpc) is 2.15. The third kappa shape index (κ3) is 3.27. The van der Waals surface area contributed by atoms with Gasteiger partial charge in [0, 0.05) is 6.42 Å². The van der Waals surface area contributed by atoms with Crippen LogP contribution in [0.25, 0.3) is 0 Å². The highest BCUT2D eigenvalue weighted by molar-refractivity contribution is 6.74. The third-order valence-corrected chi connectivity index (χ3v) is 8.22. The maximum atomic E-state index is 11.6. The van der Waals surface area contributed by atoms with Gasteiger partial charge in [0.15, 0.2) is 14.1 Å². The van der Waals surface area contributed by atoms with Crippen LogP contribution in [0.5, 0.6) is 0 Å². The molecule has 0 fully saturated rings. The summed E-state index contributed by atoms with van der Waals surface area (Å²) >= 11 is 0. The van der Waals surface area contributed by atoms with Crippen LogP contribution in [-0.2, 0) is 9.22 Å². The van der Waals surface area contributed by atoms with Crippen LogP contribution >= 0.6 is 0 Å². The van der Waals surface area contributed by atoms with Gasteiger partial charge in [-0.15, -0.1) is 0 Å². The summed E-state index contributed by atoms with van der Waals surface area (Å²) < 4.78 is 6.17. The zero-order chi connectivity index (χ0) is 13.3. The van der Waals surface area contributed by atoms with Crippen LogP contribution in [-0.4, -0.2) is 20.2 Å². The van der Waals surface area contributed by atoms with Crippen molar-refractivity contribution in [2.75, 3.05) is 0 Å². The van der Waals surface area contributed by atoms with Crippen LogP contribution in [0.15, 0.2) is 11.6 Å². The van der Waals surface area contributed by atoms with Crippen molar-refractivity contribution in [3.63, 3.8) is 0 Å². The number of rotatable bonds is 2. The average molecular weight is 251 g/mol. The van der Waals surface area contributed by atoms with Gasteiger partial charge >= 0.3 is 0 Å². The molecule has 17 heavy (non-hydrogen) atoms. The van der Waals surface area contributed by atoms with E-state index in [2.05, 4.69) is 33.9 Å². The fourth-order valence-electron chi connectivity index (χ4n) is 1.55. The molecule has 0 saturated heterocycles. The zero-order valence-corrected chi connectivity index (χ0v) is 12.3. The molecule has 0 heterocycles. The maximum absolute atomic E-state index is 11.6. The maximum Gasteiger partial charge on any atom is 0.192 e. The Kier molecular flexibility index (Phi) is 3.95. The second-order valence-corrected chi connectivity index (χ2v) is 10.8. The molecule has 3 nitrogen and oxygen atoms in total. The van der Waals surface area contributed by atoms with E-state index in [0.29, 0.717) is 18.4 Å². The topological polar surface area (TPSA) is 50.1 Å². The van der Waals surface area contributed by atoms with Gasteiger partial charge in [-0.2, -0.15) is 5.26 Å². The molecular formula is C13H21NO2Si. The normalized spacial score (nSPS) is 22.0. The second-order valence-electron chi connectivity index (χ2n) is 6.09. The SMILES string of the molecule is CC(C)(C)[Si](C)(C)OC1CC=C(C#N)C(=O)C1. The Balaban J connectivity index is 2.72. The van der Waals surface area contributed by atoms with Crippen molar-refractivity contribution in [3.8, 4) is 6.07 Å². The molecule has 1 aliphatic carbocycles. The van der Waals surface area contributed by atoms with Crippen LogP contribution in [0.2, 0.25) is 18.1 Å². The highest BCUT2D eigenvalue weighted by Gasteiger charge is 2.40. The van der Waals surface area contributed by atoms with E-state index in [1.165, 1.54) is 0 Å². The van der Waals surface area contributed by atoms with E-state index in [4.69, 9.17) is 9.69 Å². The van der Waals surface area contributed by atoms with Gasteiger partial charge in [-0.1, -0.05) is 26.8 Å². The van der Waals surface area contributed by atoms with E-state index < -0.39 is 8.32 Å². The molecule has 0 N–H and O–H groups in total. The van der Waals surface area contributed by atoms with Crippen LogP contribution < -0.4 is 0 Å². The molecule has 0 amide bonds. The van der Waals surface area contributed by atoms with Gasteiger partial charge in [0.05, 0.1) is 11.7 Å². The molecule has 1 atom stereocenters. The summed E-state index contributed by atoms with van der Waals surface area (Å²) in [6.07, 6.45) is 2.71. The lowest BCUT2D eigenvalue weighted by Crippen LogP contribution is -2.44. The molecular weight excluding hydrogens is 230 g/mol. The molecule has 1 rings (SSSR count). The smallest absolute Gasteiger partial charge is 0.192 e. The molecule has 0 aromatic carbocycles. The van der Waals surface area contributed by atoms with Gasteiger partial charge in [0.2, 0.25) is 0 Å². The first kappa shape index (κ1) is 14.1. The van der Waals surface area contributed by atoms with Crippen molar-refractivity contribution >= 4 is 14.1 Å². The minimum atomic E-state index is -1.82. The van der Waals surface area contributed by atoms with Crippen molar-refractivity contribution < 1.29 is 9.22 Å². The van der Waals surface area contributed by atoms with Gasteiger partial charge < -0.3 is 4.43 Å². The highest BCUT2D eigenvalue weighted by atomic mass is 28.4. The van der Waals surface area contributed by atoms with Crippen molar-refractivity contribution in [1.82, 2.24) is 0 Å². The van der Waals surface area contributed by atoms with E-state index >= 15 is 0 Å². The molecule has 4 heteroatoms. The fraction of sp³-hybridized carbons (Fsp3) is 0.692. The number of nitriles is 1. The van der Waals surface area contributed by atoms with Gasteiger partial charge in [0.25, 0.3) is 0 Å². The van der Waals surface area contributed by atoms with E-state index in [-0.39, 0.29) is 16.9 Å². The summed E-state index contributed by atoms with van der Waals surface area (Å²) in [5.41, 5.74) is 0.292. The Morgan fingerprint density at radius 2 is 2.06 bits per heavy atom. The highest BCUT2D eigenvalue weighted by Crippen LogP contribution is 2.38. The summed E-state index contributed by atoms with van der Waals surface area (Å²) in [6, 6.07) is 1.93. The van der Waals surface area contributed by atoms with Gasteiger partial charge in [-0.05, 0) is 24.6 Å². The Hall–Kier alpha value is -0.923. The minimum Gasteiger partial charge on any atom is -0.413 e. The number of Topliss-reactive ketones (excluding diaryl/α,β-unsaturated/α-hetero) is 1. The van der Waals surface area contributed by atoms with Crippen molar-refractivity contribution in [1.29, 1.82) is 5.26 Å². The van der Waals surface area contributed by atoms with Crippen molar-refractivity contribution in [2.45, 2.75) is 57.8 Å². The Morgan fingerprint density at radius 1 is 1.47 bits per heavy atom. The number of carbonyl (C=O) groups excluding carboxylic acids is 1. The standard InChI is InChI=1S/C13H21NO2Si/c1-13(2,3)17(4,5)16-11-7-6-10(9-14)12(15)8-11/h6,11H,7-8H2,1-5H3. The van der Waals surface area contributed by atoms with Crippen LogP contribution in [0, 0.1) is 11.3 Å². The van der Waals surface area contributed by atoms with Crippen LogP contribution in [0.4, 0.5) is 0 Å². The third-order valence-electron chi connectivity index (χ3n) is 3.69. The molecule has 0 bridgehead atoms. The Bertz CT molecular complexity index is 385. The lowest BCUT2D eigenvalue weighted by atomic mass is 9.97. The quantitative estimate of drug-likeness (QED) is 0.708. The van der Waals surface area contributed by atoms with E-state index in [0.717, 1.165) is 0 Å². The molecule has 0 aromatic rings. The predicted molar refractivity (Wildman–Crippen MR) is 70.0 cm³/mol. The predicted octanol–water partition coefficient (Wildman–Crippen LogP) is 3.19. The molecule has 0 radical (unpaired) electrons. The fourth-order valence-corrected chi connectivity index (χ4v) is 2.92. The van der Waals surface area contributed by atoms with Crippen LogP contribution in [0.1, 0.15) is 33.6 Å². The minimum absolute atomic E-state index is 0.0412. The summed E-state index contributed by atoms with van der Waals surface area (Å²) in [5.74, 6) is -0.0811. The monoisotopic (exact) mass is 251 g/mol. The number of allylic oxidation sites excluding steroid dienone is 1. The molecule has 94 valence electrons. The zero-order valence-electron chi connectivity index (χ0n) is 11.3. The molecule has 0 aromatic heterocycles. The summed E-state index contributed by atoms with van der Waals surface area (Å²) in [5, 5.41) is 8.89. The summed E-state index contributed by atoms with van der Waals surface area (Å²) in [6.45, 7) is 10.9. The van der Waals surface area contributed by atoms with Gasteiger partial charge in [-0.3, -0.25) is 4.79 Å².